The topological polar surface area (TPSA) is 150 Å². The maximum absolute atomic E-state index is 12.4. The van der Waals surface area contributed by atoms with E-state index in [9.17, 15) is 31.0 Å². The van der Waals surface area contributed by atoms with Crippen LogP contribution in [0.5, 0.6) is 0 Å². The van der Waals surface area contributed by atoms with Crippen molar-refractivity contribution in [1.82, 2.24) is 0 Å². The lowest BCUT2D eigenvalue weighted by molar-refractivity contribution is 0.0323. The SMILES string of the molecule is COC1CC(CO)C(Nc2cc(C)c(C(c3ccc(Cc4c(C)cc(C)cc4C)cc3C)c3ccc(Cc4c(C)cc(C)c(S(=O)(=O)O)c4C)cc3C)c(C)c2)CC1S(=O)(=O)O. The summed E-state index contributed by atoms with van der Waals surface area (Å²) < 4.78 is 75.3. The summed E-state index contributed by atoms with van der Waals surface area (Å²) in [5, 5.41) is 12.8. The molecule has 11 heteroatoms. The van der Waals surface area contributed by atoms with Gasteiger partial charge in [0.25, 0.3) is 20.2 Å². The van der Waals surface area contributed by atoms with Gasteiger partial charge in [0.15, 0.2) is 0 Å². The van der Waals surface area contributed by atoms with Crippen molar-refractivity contribution in [2.45, 2.75) is 123 Å². The zero-order valence-corrected chi connectivity index (χ0v) is 39.6. The molecule has 0 saturated heterocycles. The second-order valence-corrected chi connectivity index (χ2v) is 21.0. The summed E-state index contributed by atoms with van der Waals surface area (Å²) in [6.07, 6.45) is 0.969. The maximum atomic E-state index is 12.4. The Balaban J connectivity index is 1.43. The highest BCUT2D eigenvalue weighted by atomic mass is 32.2. The molecule has 0 aliphatic heterocycles. The van der Waals surface area contributed by atoms with Crippen LogP contribution in [0.3, 0.4) is 0 Å². The number of aryl methyl sites for hydroxylation is 9. The van der Waals surface area contributed by atoms with Crippen LogP contribution in [0, 0.1) is 75.2 Å². The summed E-state index contributed by atoms with van der Waals surface area (Å²) in [7, 11) is -7.37. The Morgan fingerprint density at radius 2 is 1.16 bits per heavy atom. The highest BCUT2D eigenvalue weighted by molar-refractivity contribution is 7.86. The molecule has 62 heavy (non-hydrogen) atoms. The lowest BCUT2D eigenvalue weighted by atomic mass is 9.76. The Labute approximate surface area is 369 Å². The van der Waals surface area contributed by atoms with E-state index in [4.69, 9.17) is 4.74 Å². The first-order chi connectivity index (χ1) is 29.0. The molecule has 1 aliphatic carbocycles. The van der Waals surface area contributed by atoms with Crippen LogP contribution in [0.2, 0.25) is 0 Å². The van der Waals surface area contributed by atoms with E-state index in [0.717, 1.165) is 56.6 Å². The van der Waals surface area contributed by atoms with Gasteiger partial charge >= 0.3 is 0 Å². The van der Waals surface area contributed by atoms with Crippen LogP contribution < -0.4 is 5.32 Å². The molecular weight excluding hydrogens is 819 g/mol. The molecule has 5 unspecified atom stereocenters. The third-order valence-electron chi connectivity index (χ3n) is 13.4. The number of hydrogen-bond donors (Lipinski definition) is 4. The van der Waals surface area contributed by atoms with Crippen LogP contribution in [0.4, 0.5) is 5.69 Å². The molecule has 0 bridgehead atoms. The fraction of sp³-hybridized carbons (Fsp3) is 0.412. The Morgan fingerprint density at radius 1 is 0.645 bits per heavy atom. The van der Waals surface area contributed by atoms with E-state index < -0.39 is 37.6 Å². The lowest BCUT2D eigenvalue weighted by Gasteiger charge is -2.39. The largest absolute Gasteiger partial charge is 0.396 e. The van der Waals surface area contributed by atoms with Crippen LogP contribution in [0.25, 0.3) is 0 Å². The molecule has 4 N–H and O–H groups in total. The van der Waals surface area contributed by atoms with Crippen molar-refractivity contribution in [3.8, 4) is 0 Å². The standard InChI is InChI=1S/C51H63NO8S2/c1-28-16-29(2)44(30(3)17-28)23-38-12-14-42(32(5)19-38)50(43-15-13-39(20-33(43)6)24-45-31(4)18-36(9)51(37(45)10)62(57,58)59)49-34(7)21-41(22-35(49)8)52-46-26-48(61(54,55)56)47(60-11)25-40(46)27-53/h12-22,40,46-48,50,52-53H,23-27H2,1-11H3,(H,54,55,56)(H,57,58,59). The number of hydrogen-bond acceptors (Lipinski definition) is 7. The summed E-state index contributed by atoms with van der Waals surface area (Å²) in [6.45, 7) is 20.3. The van der Waals surface area contributed by atoms with Crippen LogP contribution in [0.1, 0.15) is 113 Å². The van der Waals surface area contributed by atoms with Crippen LogP contribution in [-0.2, 0) is 37.8 Å². The second-order valence-electron chi connectivity index (χ2n) is 18.0. The van der Waals surface area contributed by atoms with Gasteiger partial charge in [0.1, 0.15) is 5.25 Å². The summed E-state index contributed by atoms with van der Waals surface area (Å²) in [4.78, 5) is -0.0326. The van der Waals surface area contributed by atoms with E-state index in [1.807, 2.05) is 13.0 Å². The van der Waals surface area contributed by atoms with Crippen molar-refractivity contribution >= 4 is 25.9 Å². The van der Waals surface area contributed by atoms with Crippen molar-refractivity contribution in [1.29, 1.82) is 0 Å². The molecule has 1 fully saturated rings. The Hall–Kier alpha value is -4.36. The third-order valence-corrected chi connectivity index (χ3v) is 15.8. The molecule has 1 saturated carbocycles. The molecule has 0 aromatic heterocycles. The van der Waals surface area contributed by atoms with Crippen molar-refractivity contribution < 1.29 is 35.8 Å². The predicted octanol–water partition coefficient (Wildman–Crippen LogP) is 9.83. The highest BCUT2D eigenvalue weighted by Crippen LogP contribution is 2.42. The maximum Gasteiger partial charge on any atom is 0.295 e. The highest BCUT2D eigenvalue weighted by Gasteiger charge is 2.43. The molecule has 5 aromatic carbocycles. The van der Waals surface area contributed by atoms with Gasteiger partial charge in [-0.15, -0.1) is 0 Å². The van der Waals surface area contributed by atoms with Gasteiger partial charge < -0.3 is 15.2 Å². The third kappa shape index (κ3) is 9.88. The first-order valence-corrected chi connectivity index (χ1v) is 24.3. The van der Waals surface area contributed by atoms with E-state index in [0.29, 0.717) is 17.5 Å². The van der Waals surface area contributed by atoms with Gasteiger partial charge in [-0.25, -0.2) is 0 Å². The quantitative estimate of drug-likeness (QED) is 0.0670. The number of aliphatic hydroxyl groups is 1. The summed E-state index contributed by atoms with van der Waals surface area (Å²) in [6, 6.07) is 23.3. The van der Waals surface area contributed by atoms with Gasteiger partial charge in [-0.05, 0) is 196 Å². The zero-order chi connectivity index (χ0) is 45.6. The van der Waals surface area contributed by atoms with E-state index in [1.165, 1.54) is 46.1 Å². The number of anilines is 1. The van der Waals surface area contributed by atoms with Crippen molar-refractivity contribution in [2.24, 2.45) is 5.92 Å². The summed E-state index contributed by atoms with van der Waals surface area (Å²) >= 11 is 0. The molecule has 9 nitrogen and oxygen atoms in total. The lowest BCUT2D eigenvalue weighted by Crippen LogP contribution is -2.50. The molecule has 1 aliphatic rings. The van der Waals surface area contributed by atoms with Crippen LogP contribution in [-0.4, -0.2) is 62.2 Å². The molecular formula is C51H63NO8S2. The predicted molar refractivity (Wildman–Crippen MR) is 249 cm³/mol. The first kappa shape index (κ1) is 47.1. The normalized spacial score (nSPS) is 18.8. The Bertz CT molecular complexity index is 2700. The Morgan fingerprint density at radius 3 is 1.63 bits per heavy atom. The van der Waals surface area contributed by atoms with Gasteiger partial charge in [-0.2, -0.15) is 16.8 Å². The van der Waals surface area contributed by atoms with E-state index >= 15 is 0 Å². The fourth-order valence-electron chi connectivity index (χ4n) is 10.5. The zero-order valence-electron chi connectivity index (χ0n) is 38.0. The van der Waals surface area contributed by atoms with Crippen molar-refractivity contribution in [2.75, 3.05) is 19.0 Å². The number of benzene rings is 5. The smallest absolute Gasteiger partial charge is 0.295 e. The average Bonchev–Trinajstić information content (AvgIpc) is 3.15. The van der Waals surface area contributed by atoms with Crippen molar-refractivity contribution in [3.05, 3.63) is 161 Å². The average molecular weight is 882 g/mol. The molecule has 5 aromatic rings. The number of rotatable bonds is 13. The number of methoxy groups -OCH3 is 1. The monoisotopic (exact) mass is 881 g/mol. The molecule has 0 amide bonds. The fourth-order valence-corrected chi connectivity index (χ4v) is 12.5. The Kier molecular flexibility index (Phi) is 14.0. The molecule has 332 valence electrons. The minimum absolute atomic E-state index is 0.0326. The number of ether oxygens (including phenoxy) is 1. The minimum Gasteiger partial charge on any atom is -0.396 e. The van der Waals surface area contributed by atoms with Gasteiger partial charge in [-0.1, -0.05) is 60.2 Å². The summed E-state index contributed by atoms with van der Waals surface area (Å²) in [5.41, 5.74) is 18.9. The molecule has 0 radical (unpaired) electrons. The minimum atomic E-state index is -4.41. The molecule has 5 atom stereocenters. The first-order valence-electron chi connectivity index (χ1n) is 21.3. The number of aliphatic hydroxyl groups excluding tert-OH is 1. The van der Waals surface area contributed by atoms with Gasteiger partial charge in [0, 0.05) is 37.3 Å². The number of nitrogens with one attached hydrogen (secondary N) is 1. The summed E-state index contributed by atoms with van der Waals surface area (Å²) in [5.74, 6) is -0.442. The van der Waals surface area contributed by atoms with Gasteiger partial charge in [0.2, 0.25) is 0 Å². The van der Waals surface area contributed by atoms with E-state index in [1.54, 1.807) is 13.8 Å². The van der Waals surface area contributed by atoms with E-state index in [2.05, 4.69) is 114 Å². The molecule has 6 rings (SSSR count). The second kappa shape index (κ2) is 18.4. The molecule has 0 heterocycles. The van der Waals surface area contributed by atoms with E-state index in [-0.39, 0.29) is 36.2 Å². The van der Waals surface area contributed by atoms with Crippen LogP contribution >= 0.6 is 0 Å². The molecule has 0 spiro atoms. The van der Waals surface area contributed by atoms with Crippen molar-refractivity contribution in [3.63, 3.8) is 0 Å². The van der Waals surface area contributed by atoms with Crippen LogP contribution in [0.15, 0.2) is 71.6 Å². The van der Waals surface area contributed by atoms with Gasteiger partial charge in [0.05, 0.1) is 11.0 Å². The van der Waals surface area contributed by atoms with Gasteiger partial charge in [-0.3, -0.25) is 9.11 Å².